The summed E-state index contributed by atoms with van der Waals surface area (Å²) in [4.78, 5) is 16.5. The van der Waals surface area contributed by atoms with Crippen LogP contribution in [0.5, 0.6) is 0 Å². The van der Waals surface area contributed by atoms with Crippen molar-refractivity contribution >= 4 is 27.5 Å². The number of rotatable bonds is 3. The number of carbonyl (C=O) groups is 1. The highest BCUT2D eigenvalue weighted by atomic mass is 32.1. The van der Waals surface area contributed by atoms with Crippen LogP contribution in [0.3, 0.4) is 0 Å². The van der Waals surface area contributed by atoms with Crippen LogP contribution in [0.25, 0.3) is 10.2 Å². The van der Waals surface area contributed by atoms with Gasteiger partial charge in [-0.15, -0.1) is 11.3 Å². The zero-order valence-corrected chi connectivity index (χ0v) is 12.9. The van der Waals surface area contributed by atoms with Gasteiger partial charge in [-0.25, -0.2) is 4.98 Å². The maximum Gasteiger partial charge on any atom is 0.251 e. The summed E-state index contributed by atoms with van der Waals surface area (Å²) in [6, 6.07) is 5.61. The summed E-state index contributed by atoms with van der Waals surface area (Å²) < 4.78 is 3.10. The van der Waals surface area contributed by atoms with Crippen LogP contribution in [0.4, 0.5) is 0 Å². The van der Waals surface area contributed by atoms with Gasteiger partial charge in [-0.3, -0.25) is 9.48 Å². The first-order valence-corrected chi connectivity index (χ1v) is 8.34. The van der Waals surface area contributed by atoms with E-state index in [9.17, 15) is 4.79 Å². The van der Waals surface area contributed by atoms with E-state index in [0.717, 1.165) is 28.7 Å². The van der Waals surface area contributed by atoms with E-state index in [0.29, 0.717) is 12.1 Å². The Morgan fingerprint density at radius 1 is 1.36 bits per heavy atom. The van der Waals surface area contributed by atoms with Crippen LogP contribution in [0.2, 0.25) is 0 Å². The number of hydrogen-bond donors (Lipinski definition) is 1. The van der Waals surface area contributed by atoms with Gasteiger partial charge in [0, 0.05) is 29.9 Å². The average molecular weight is 312 g/mol. The smallest absolute Gasteiger partial charge is 0.251 e. The first-order valence-electron chi connectivity index (χ1n) is 7.46. The van der Waals surface area contributed by atoms with Gasteiger partial charge >= 0.3 is 0 Å². The van der Waals surface area contributed by atoms with Crippen molar-refractivity contribution < 1.29 is 4.79 Å². The molecule has 4 rings (SSSR count). The molecule has 1 aliphatic heterocycles. The van der Waals surface area contributed by atoms with Gasteiger partial charge < -0.3 is 5.32 Å². The Balaban J connectivity index is 1.49. The van der Waals surface area contributed by atoms with Gasteiger partial charge in [-0.2, -0.15) is 5.10 Å². The maximum atomic E-state index is 12.3. The number of thiazole rings is 1. The zero-order valence-electron chi connectivity index (χ0n) is 12.1. The van der Waals surface area contributed by atoms with Gasteiger partial charge in [-0.05, 0) is 37.5 Å². The largest absolute Gasteiger partial charge is 0.348 e. The van der Waals surface area contributed by atoms with Gasteiger partial charge in [0.1, 0.15) is 0 Å². The fraction of sp³-hybridized carbons (Fsp3) is 0.312. The van der Waals surface area contributed by atoms with E-state index < -0.39 is 0 Å². The molecule has 0 unspecified atom stereocenters. The lowest BCUT2D eigenvalue weighted by molar-refractivity contribution is 0.0951. The molecule has 0 atom stereocenters. The highest BCUT2D eigenvalue weighted by molar-refractivity contribution is 7.16. The van der Waals surface area contributed by atoms with Gasteiger partial charge in [0.25, 0.3) is 5.91 Å². The second-order valence-corrected chi connectivity index (χ2v) is 6.40. The number of aromatic nitrogens is 3. The third kappa shape index (κ3) is 2.39. The predicted octanol–water partition coefficient (Wildman–Crippen LogP) is 2.76. The Morgan fingerprint density at radius 2 is 2.32 bits per heavy atom. The van der Waals surface area contributed by atoms with E-state index in [1.54, 1.807) is 16.8 Å². The van der Waals surface area contributed by atoms with Gasteiger partial charge in [-0.1, -0.05) is 0 Å². The molecule has 6 heteroatoms. The third-order valence-electron chi connectivity index (χ3n) is 4.10. The van der Waals surface area contributed by atoms with Crippen LogP contribution in [0, 0.1) is 0 Å². The second kappa shape index (κ2) is 5.53. The molecule has 0 aliphatic carbocycles. The van der Waals surface area contributed by atoms with E-state index in [2.05, 4.69) is 20.1 Å². The SMILES string of the molecule is O=C(NCc1cnn2c1CCCC2)c1ccc2ncsc2c1. The number of benzene rings is 1. The molecule has 0 saturated carbocycles. The number of nitrogens with zero attached hydrogens (tertiary/aromatic N) is 3. The molecule has 2 aromatic heterocycles. The molecule has 112 valence electrons. The van der Waals surface area contributed by atoms with Crippen molar-refractivity contribution in [1.29, 1.82) is 0 Å². The molecule has 1 amide bonds. The van der Waals surface area contributed by atoms with Crippen LogP contribution in [-0.4, -0.2) is 20.7 Å². The van der Waals surface area contributed by atoms with Crippen LogP contribution in [-0.2, 0) is 19.5 Å². The lowest BCUT2D eigenvalue weighted by atomic mass is 10.1. The average Bonchev–Trinajstić information content (AvgIpc) is 3.18. The first kappa shape index (κ1) is 13.5. The molecule has 1 aromatic carbocycles. The molecular weight excluding hydrogens is 296 g/mol. The van der Waals surface area contributed by atoms with Crippen LogP contribution < -0.4 is 5.32 Å². The molecule has 0 bridgehead atoms. The van der Waals surface area contributed by atoms with E-state index in [1.165, 1.54) is 18.5 Å². The molecule has 1 N–H and O–H groups in total. The second-order valence-electron chi connectivity index (χ2n) is 5.51. The number of nitrogens with one attached hydrogen (secondary N) is 1. The minimum atomic E-state index is -0.0499. The molecule has 0 spiro atoms. The van der Waals surface area contributed by atoms with E-state index >= 15 is 0 Å². The Hall–Kier alpha value is -2.21. The molecule has 3 aromatic rings. The third-order valence-corrected chi connectivity index (χ3v) is 4.89. The molecule has 5 nitrogen and oxygen atoms in total. The molecule has 3 heterocycles. The van der Waals surface area contributed by atoms with Crippen molar-refractivity contribution in [3.8, 4) is 0 Å². The maximum absolute atomic E-state index is 12.3. The standard InChI is InChI=1S/C16H16N4OS/c21-16(11-4-5-13-15(7-11)22-10-18-13)17-8-12-9-19-20-6-2-1-3-14(12)20/h4-5,7,9-10H,1-3,6,8H2,(H,17,21). The quantitative estimate of drug-likeness (QED) is 0.809. The summed E-state index contributed by atoms with van der Waals surface area (Å²) in [6.07, 6.45) is 5.33. The molecule has 1 aliphatic rings. The zero-order chi connectivity index (χ0) is 14.9. The Morgan fingerprint density at radius 3 is 3.27 bits per heavy atom. The van der Waals surface area contributed by atoms with E-state index in [-0.39, 0.29) is 5.91 Å². The van der Waals surface area contributed by atoms with Gasteiger partial charge in [0.2, 0.25) is 0 Å². The summed E-state index contributed by atoms with van der Waals surface area (Å²) >= 11 is 1.55. The normalized spacial score (nSPS) is 14.0. The summed E-state index contributed by atoms with van der Waals surface area (Å²) in [7, 11) is 0. The van der Waals surface area contributed by atoms with Crippen LogP contribution in [0.1, 0.15) is 34.5 Å². The van der Waals surface area contributed by atoms with Gasteiger partial charge in [0.15, 0.2) is 0 Å². The Bertz CT molecular complexity index is 836. The van der Waals surface area contributed by atoms with Crippen molar-refractivity contribution in [2.24, 2.45) is 0 Å². The fourth-order valence-corrected chi connectivity index (χ4v) is 3.62. The highest BCUT2D eigenvalue weighted by Crippen LogP contribution is 2.20. The molecule has 0 saturated heterocycles. The minimum absolute atomic E-state index is 0.0499. The lowest BCUT2D eigenvalue weighted by Gasteiger charge is -2.14. The minimum Gasteiger partial charge on any atom is -0.348 e. The Kier molecular flexibility index (Phi) is 3.38. The van der Waals surface area contributed by atoms with Crippen molar-refractivity contribution in [3.05, 3.63) is 46.7 Å². The van der Waals surface area contributed by atoms with Gasteiger partial charge in [0.05, 0.1) is 21.9 Å². The first-order chi connectivity index (χ1) is 10.8. The number of fused-ring (bicyclic) bond motifs is 2. The fourth-order valence-electron chi connectivity index (χ4n) is 2.91. The van der Waals surface area contributed by atoms with E-state index in [1.807, 2.05) is 24.4 Å². The molecule has 0 fully saturated rings. The van der Waals surface area contributed by atoms with Crippen molar-refractivity contribution in [2.45, 2.75) is 32.4 Å². The number of amides is 1. The lowest BCUT2D eigenvalue weighted by Crippen LogP contribution is -2.23. The molecule has 0 radical (unpaired) electrons. The highest BCUT2D eigenvalue weighted by Gasteiger charge is 2.15. The number of hydrogen-bond acceptors (Lipinski definition) is 4. The monoisotopic (exact) mass is 312 g/mol. The van der Waals surface area contributed by atoms with Crippen LogP contribution >= 0.6 is 11.3 Å². The summed E-state index contributed by atoms with van der Waals surface area (Å²) in [5.74, 6) is -0.0499. The number of carbonyl (C=O) groups excluding carboxylic acids is 1. The molecular formula is C16H16N4OS. The summed E-state index contributed by atoms with van der Waals surface area (Å²) in [5.41, 5.74) is 5.81. The summed E-state index contributed by atoms with van der Waals surface area (Å²) in [5, 5.41) is 7.40. The van der Waals surface area contributed by atoms with Crippen LogP contribution in [0.15, 0.2) is 29.9 Å². The molecule has 22 heavy (non-hydrogen) atoms. The van der Waals surface area contributed by atoms with Crippen molar-refractivity contribution in [1.82, 2.24) is 20.1 Å². The Labute approximate surface area is 132 Å². The van der Waals surface area contributed by atoms with E-state index in [4.69, 9.17) is 0 Å². The van der Waals surface area contributed by atoms with Crippen molar-refractivity contribution in [3.63, 3.8) is 0 Å². The predicted molar refractivity (Wildman–Crippen MR) is 86.0 cm³/mol. The summed E-state index contributed by atoms with van der Waals surface area (Å²) in [6.45, 7) is 1.53. The van der Waals surface area contributed by atoms with Crippen molar-refractivity contribution in [2.75, 3.05) is 0 Å². The topological polar surface area (TPSA) is 59.8 Å². The number of aryl methyl sites for hydroxylation is 1.